The zero-order valence-corrected chi connectivity index (χ0v) is 11.5. The molecule has 2 rings (SSSR count). The van der Waals surface area contributed by atoms with Crippen molar-refractivity contribution < 1.29 is 13.2 Å². The third-order valence-electron chi connectivity index (χ3n) is 3.18. The summed E-state index contributed by atoms with van der Waals surface area (Å²) in [6.45, 7) is 2.78. The quantitative estimate of drug-likeness (QED) is 0.863. The molecule has 0 atom stereocenters. The normalized spacial score (nSPS) is 17.2. The second kappa shape index (κ2) is 4.55. The zero-order chi connectivity index (χ0) is 13.4. The second-order valence-electron chi connectivity index (χ2n) is 4.96. The summed E-state index contributed by atoms with van der Waals surface area (Å²) < 4.78 is 22.1. The molecule has 1 N–H and O–H groups in total. The molecule has 0 bridgehead atoms. The van der Waals surface area contributed by atoms with Crippen molar-refractivity contribution in [3.63, 3.8) is 0 Å². The number of carbonyl (C=O) groups excluding carboxylic acids is 1. The van der Waals surface area contributed by atoms with E-state index in [0.29, 0.717) is 12.1 Å². The predicted octanol–water partition coefficient (Wildman–Crippen LogP) is 2.14. The van der Waals surface area contributed by atoms with Crippen LogP contribution in [0.2, 0.25) is 0 Å². The van der Waals surface area contributed by atoms with Crippen molar-refractivity contribution in [2.45, 2.75) is 24.7 Å². The highest BCUT2D eigenvalue weighted by Crippen LogP contribution is 2.44. The van der Waals surface area contributed by atoms with Gasteiger partial charge in [0.25, 0.3) is 15.0 Å². The number of halogens is 1. The van der Waals surface area contributed by atoms with E-state index >= 15 is 0 Å². The third kappa shape index (κ3) is 3.23. The Hall–Kier alpha value is -1.07. The fraction of sp³-hybridized carbons (Fsp3) is 0.417. The Labute approximate surface area is 111 Å². The molecule has 0 saturated heterocycles. The standard InChI is InChI=1S/C12H14ClNO3S/c1-12(6-7-12)8-14-11(15)9-2-4-10(5-3-9)18(13,16)17/h2-5H,6-8H2,1H3,(H,14,15). The van der Waals surface area contributed by atoms with Crippen molar-refractivity contribution in [2.75, 3.05) is 6.54 Å². The topological polar surface area (TPSA) is 63.2 Å². The van der Waals surface area contributed by atoms with Crippen LogP contribution >= 0.6 is 10.7 Å². The van der Waals surface area contributed by atoms with E-state index in [1.54, 1.807) is 0 Å². The molecule has 1 aliphatic carbocycles. The highest BCUT2D eigenvalue weighted by atomic mass is 35.7. The van der Waals surface area contributed by atoms with Crippen LogP contribution in [0.3, 0.4) is 0 Å². The number of amides is 1. The molecule has 1 aliphatic rings. The van der Waals surface area contributed by atoms with Crippen LogP contribution in [-0.2, 0) is 9.05 Å². The maximum atomic E-state index is 11.8. The Morgan fingerprint density at radius 1 is 1.33 bits per heavy atom. The molecule has 1 amide bonds. The summed E-state index contributed by atoms with van der Waals surface area (Å²) in [6.07, 6.45) is 2.27. The lowest BCUT2D eigenvalue weighted by molar-refractivity contribution is 0.0946. The molecule has 0 unspecified atom stereocenters. The van der Waals surface area contributed by atoms with E-state index in [2.05, 4.69) is 12.2 Å². The smallest absolute Gasteiger partial charge is 0.261 e. The van der Waals surface area contributed by atoms with Crippen molar-refractivity contribution in [3.8, 4) is 0 Å². The summed E-state index contributed by atoms with van der Waals surface area (Å²) in [7, 11) is 1.46. The molecule has 0 aliphatic heterocycles. The van der Waals surface area contributed by atoms with Crippen molar-refractivity contribution in [2.24, 2.45) is 5.41 Å². The third-order valence-corrected chi connectivity index (χ3v) is 4.55. The summed E-state index contributed by atoms with van der Waals surface area (Å²) in [5.74, 6) is -0.193. The van der Waals surface area contributed by atoms with E-state index in [0.717, 1.165) is 12.8 Å². The van der Waals surface area contributed by atoms with Crippen molar-refractivity contribution >= 4 is 25.6 Å². The molecule has 4 nitrogen and oxygen atoms in total. The molecule has 6 heteroatoms. The van der Waals surface area contributed by atoms with Gasteiger partial charge in [-0.3, -0.25) is 4.79 Å². The van der Waals surface area contributed by atoms with Gasteiger partial charge in [-0.2, -0.15) is 0 Å². The number of nitrogens with one attached hydrogen (secondary N) is 1. The summed E-state index contributed by atoms with van der Waals surface area (Å²) in [4.78, 5) is 11.8. The van der Waals surface area contributed by atoms with E-state index in [4.69, 9.17) is 10.7 Å². The molecular formula is C12H14ClNO3S. The first-order chi connectivity index (χ1) is 8.30. The number of benzene rings is 1. The fourth-order valence-corrected chi connectivity index (χ4v) is 2.32. The van der Waals surface area contributed by atoms with E-state index in [1.165, 1.54) is 24.3 Å². The fourth-order valence-electron chi connectivity index (χ4n) is 1.55. The molecule has 98 valence electrons. The average molecular weight is 288 g/mol. The number of hydrogen-bond acceptors (Lipinski definition) is 3. The van der Waals surface area contributed by atoms with Crippen LogP contribution in [0.25, 0.3) is 0 Å². The van der Waals surface area contributed by atoms with Crippen molar-refractivity contribution in [1.82, 2.24) is 5.32 Å². The van der Waals surface area contributed by atoms with Crippen LogP contribution in [0.15, 0.2) is 29.2 Å². The van der Waals surface area contributed by atoms with E-state index in [-0.39, 0.29) is 16.2 Å². The lowest BCUT2D eigenvalue weighted by atomic mass is 10.1. The first kappa shape index (κ1) is 13.4. The Kier molecular flexibility index (Phi) is 3.38. The van der Waals surface area contributed by atoms with Crippen LogP contribution in [-0.4, -0.2) is 20.9 Å². The summed E-state index contributed by atoms with van der Waals surface area (Å²) in [5, 5.41) is 2.84. The number of carbonyl (C=O) groups is 1. The Morgan fingerprint density at radius 3 is 2.33 bits per heavy atom. The van der Waals surface area contributed by atoms with Crippen molar-refractivity contribution in [3.05, 3.63) is 29.8 Å². The lowest BCUT2D eigenvalue weighted by Crippen LogP contribution is -2.28. The monoisotopic (exact) mass is 287 g/mol. The summed E-state index contributed by atoms with van der Waals surface area (Å²) in [6, 6.07) is 5.58. The SMILES string of the molecule is CC1(CNC(=O)c2ccc(S(=O)(=O)Cl)cc2)CC1. The summed E-state index contributed by atoms with van der Waals surface area (Å²) in [5.41, 5.74) is 0.679. The molecule has 18 heavy (non-hydrogen) atoms. The second-order valence-corrected chi connectivity index (χ2v) is 7.52. The average Bonchev–Trinajstić information content (AvgIpc) is 3.04. The Bertz CT molecular complexity index is 561. The molecule has 0 aromatic heterocycles. The molecule has 1 fully saturated rings. The van der Waals surface area contributed by atoms with Gasteiger partial charge < -0.3 is 5.32 Å². The Balaban J connectivity index is 2.02. The maximum absolute atomic E-state index is 11.8. The van der Waals surface area contributed by atoms with Crippen LogP contribution in [0.1, 0.15) is 30.1 Å². The zero-order valence-electron chi connectivity index (χ0n) is 9.94. The van der Waals surface area contributed by atoms with Gasteiger partial charge in [0, 0.05) is 22.8 Å². The number of rotatable bonds is 4. The van der Waals surface area contributed by atoms with Gasteiger partial charge in [0.15, 0.2) is 0 Å². The molecule has 0 heterocycles. The van der Waals surface area contributed by atoms with Gasteiger partial charge in [-0.05, 0) is 42.5 Å². The molecule has 1 saturated carbocycles. The highest BCUT2D eigenvalue weighted by molar-refractivity contribution is 8.13. The predicted molar refractivity (Wildman–Crippen MR) is 69.2 cm³/mol. The minimum Gasteiger partial charge on any atom is -0.351 e. The van der Waals surface area contributed by atoms with Gasteiger partial charge >= 0.3 is 0 Å². The van der Waals surface area contributed by atoms with Crippen molar-refractivity contribution in [1.29, 1.82) is 0 Å². The van der Waals surface area contributed by atoms with Crippen LogP contribution < -0.4 is 5.32 Å². The largest absolute Gasteiger partial charge is 0.351 e. The maximum Gasteiger partial charge on any atom is 0.261 e. The lowest BCUT2D eigenvalue weighted by Gasteiger charge is -2.10. The van der Waals surface area contributed by atoms with Gasteiger partial charge in [-0.25, -0.2) is 8.42 Å². The minimum atomic E-state index is -3.73. The van der Waals surface area contributed by atoms with Gasteiger partial charge in [-0.15, -0.1) is 0 Å². The highest BCUT2D eigenvalue weighted by Gasteiger charge is 2.37. The van der Waals surface area contributed by atoms with Crippen LogP contribution in [0.5, 0.6) is 0 Å². The van der Waals surface area contributed by atoms with E-state index < -0.39 is 9.05 Å². The molecule has 1 aromatic carbocycles. The summed E-state index contributed by atoms with van der Waals surface area (Å²) >= 11 is 0. The van der Waals surface area contributed by atoms with E-state index in [9.17, 15) is 13.2 Å². The molecule has 1 aromatic rings. The Morgan fingerprint density at radius 2 is 1.89 bits per heavy atom. The van der Waals surface area contributed by atoms with Gasteiger partial charge in [0.2, 0.25) is 0 Å². The molecule has 0 spiro atoms. The number of hydrogen-bond donors (Lipinski definition) is 1. The molecule has 0 radical (unpaired) electrons. The van der Waals surface area contributed by atoms with Gasteiger partial charge in [0.05, 0.1) is 4.90 Å². The van der Waals surface area contributed by atoms with E-state index in [1.807, 2.05) is 0 Å². The van der Waals surface area contributed by atoms with Gasteiger partial charge in [-0.1, -0.05) is 6.92 Å². The van der Waals surface area contributed by atoms with Crippen LogP contribution in [0, 0.1) is 5.41 Å². The first-order valence-electron chi connectivity index (χ1n) is 5.63. The van der Waals surface area contributed by atoms with Gasteiger partial charge in [0.1, 0.15) is 0 Å². The minimum absolute atomic E-state index is 0.00475. The molecular weight excluding hydrogens is 274 g/mol. The first-order valence-corrected chi connectivity index (χ1v) is 7.94. The van der Waals surface area contributed by atoms with Crippen LogP contribution in [0.4, 0.5) is 0 Å².